The van der Waals surface area contributed by atoms with Crippen LogP contribution in [0.15, 0.2) is 61.3 Å². The Morgan fingerprint density at radius 3 is 2.59 bits per heavy atom. The van der Waals surface area contributed by atoms with E-state index in [0.29, 0.717) is 0 Å². The number of rotatable bonds is 2. The van der Waals surface area contributed by atoms with Gasteiger partial charge in [-0.1, -0.05) is 18.2 Å². The fourth-order valence-electron chi connectivity index (χ4n) is 1.63. The van der Waals surface area contributed by atoms with Crippen LogP contribution in [0.5, 0.6) is 0 Å². The Balaban J connectivity index is 1.99. The Labute approximate surface area is 98.6 Å². The largest absolute Gasteiger partial charge is 0.261 e. The highest BCUT2D eigenvalue weighted by Crippen LogP contribution is 2.16. The Morgan fingerprint density at radius 1 is 0.941 bits per heavy atom. The molecule has 0 bridgehead atoms. The number of hydrogen-bond donors (Lipinski definition) is 0. The first-order valence-corrected chi connectivity index (χ1v) is 5.30. The van der Waals surface area contributed by atoms with Crippen LogP contribution in [0.25, 0.3) is 16.9 Å². The second-order valence-electron chi connectivity index (χ2n) is 3.60. The molecule has 0 spiro atoms. The van der Waals surface area contributed by atoms with E-state index >= 15 is 0 Å². The van der Waals surface area contributed by atoms with E-state index in [1.165, 1.54) is 0 Å². The van der Waals surface area contributed by atoms with Gasteiger partial charge < -0.3 is 0 Å². The molecule has 82 valence electrons. The minimum absolute atomic E-state index is 0.828. The Hall–Kier alpha value is -2.49. The molecule has 0 saturated heterocycles. The van der Waals surface area contributed by atoms with Gasteiger partial charge in [-0.2, -0.15) is 5.10 Å². The van der Waals surface area contributed by atoms with Crippen molar-refractivity contribution in [2.75, 3.05) is 0 Å². The minimum atomic E-state index is 0.828. The zero-order chi connectivity index (χ0) is 11.5. The van der Waals surface area contributed by atoms with Gasteiger partial charge in [-0.15, -0.1) is 0 Å². The fraction of sp³-hybridized carbons (Fsp3) is 0. The van der Waals surface area contributed by atoms with Crippen molar-refractivity contribution < 1.29 is 0 Å². The lowest BCUT2D eigenvalue weighted by Crippen LogP contribution is -1.92. The standard InChI is InChI=1S/C13H10N4/c1-2-4-12(5-3-1)17-10-11(8-16-17)13-9-14-6-7-15-13/h1-10H. The second-order valence-corrected chi connectivity index (χ2v) is 3.60. The Bertz CT molecular complexity index is 548. The highest BCUT2D eigenvalue weighted by molar-refractivity contribution is 5.56. The summed E-state index contributed by atoms with van der Waals surface area (Å²) in [5.41, 5.74) is 2.82. The molecule has 1 aromatic carbocycles. The van der Waals surface area contributed by atoms with E-state index in [1.807, 2.05) is 41.2 Å². The maximum Gasteiger partial charge on any atom is 0.0916 e. The molecular formula is C13H10N4. The summed E-state index contributed by atoms with van der Waals surface area (Å²) in [5.74, 6) is 0. The van der Waals surface area contributed by atoms with Crippen LogP contribution >= 0.6 is 0 Å². The average Bonchev–Trinajstić information content (AvgIpc) is 2.90. The summed E-state index contributed by atoms with van der Waals surface area (Å²) in [6.07, 6.45) is 8.79. The van der Waals surface area contributed by atoms with Gasteiger partial charge in [-0.05, 0) is 12.1 Å². The molecule has 0 radical (unpaired) electrons. The summed E-state index contributed by atoms with van der Waals surface area (Å²) >= 11 is 0. The monoisotopic (exact) mass is 222 g/mol. The summed E-state index contributed by atoms with van der Waals surface area (Å²) < 4.78 is 1.82. The molecule has 0 fully saturated rings. The maximum absolute atomic E-state index is 4.31. The van der Waals surface area contributed by atoms with Crippen molar-refractivity contribution in [2.45, 2.75) is 0 Å². The van der Waals surface area contributed by atoms with Crippen molar-refractivity contribution in [1.29, 1.82) is 0 Å². The molecule has 0 amide bonds. The van der Waals surface area contributed by atoms with Crippen molar-refractivity contribution in [3.05, 3.63) is 61.3 Å². The van der Waals surface area contributed by atoms with Crippen molar-refractivity contribution in [2.24, 2.45) is 0 Å². The van der Waals surface area contributed by atoms with Crippen LogP contribution in [0.2, 0.25) is 0 Å². The van der Waals surface area contributed by atoms with Gasteiger partial charge in [0.2, 0.25) is 0 Å². The van der Waals surface area contributed by atoms with Crippen LogP contribution in [-0.2, 0) is 0 Å². The smallest absolute Gasteiger partial charge is 0.0916 e. The molecule has 3 aromatic rings. The summed E-state index contributed by atoms with van der Waals surface area (Å²) in [7, 11) is 0. The maximum atomic E-state index is 4.31. The van der Waals surface area contributed by atoms with E-state index in [4.69, 9.17) is 0 Å². The summed E-state index contributed by atoms with van der Waals surface area (Å²) in [6.45, 7) is 0. The predicted molar refractivity (Wildman–Crippen MR) is 64.6 cm³/mol. The quantitative estimate of drug-likeness (QED) is 0.668. The van der Waals surface area contributed by atoms with Gasteiger partial charge in [0.15, 0.2) is 0 Å². The van der Waals surface area contributed by atoms with Gasteiger partial charge in [0.1, 0.15) is 0 Å². The van der Waals surface area contributed by atoms with E-state index in [0.717, 1.165) is 16.9 Å². The second kappa shape index (κ2) is 4.17. The number of hydrogen-bond acceptors (Lipinski definition) is 3. The SMILES string of the molecule is c1ccc(-n2cc(-c3cnccn3)cn2)cc1. The normalized spacial score (nSPS) is 10.4. The Morgan fingerprint density at radius 2 is 1.82 bits per heavy atom. The molecule has 3 rings (SSSR count). The molecule has 2 aromatic heterocycles. The first kappa shape index (κ1) is 9.72. The third-order valence-electron chi connectivity index (χ3n) is 2.46. The topological polar surface area (TPSA) is 43.6 Å². The highest BCUT2D eigenvalue weighted by Gasteiger charge is 2.03. The van der Waals surface area contributed by atoms with Crippen molar-refractivity contribution in [3.8, 4) is 16.9 Å². The predicted octanol–water partition coefficient (Wildman–Crippen LogP) is 2.33. The van der Waals surface area contributed by atoms with E-state index in [-0.39, 0.29) is 0 Å². The third kappa shape index (κ3) is 1.92. The van der Waals surface area contributed by atoms with Crippen LogP contribution in [0.4, 0.5) is 0 Å². The zero-order valence-corrected chi connectivity index (χ0v) is 9.06. The van der Waals surface area contributed by atoms with Crippen molar-refractivity contribution in [3.63, 3.8) is 0 Å². The lowest BCUT2D eigenvalue weighted by atomic mass is 10.3. The van der Waals surface area contributed by atoms with Gasteiger partial charge in [0, 0.05) is 24.2 Å². The molecule has 0 N–H and O–H groups in total. The molecular weight excluding hydrogens is 212 g/mol. The zero-order valence-electron chi connectivity index (χ0n) is 9.06. The lowest BCUT2D eigenvalue weighted by Gasteiger charge is -1.98. The molecule has 0 atom stereocenters. The summed E-state index contributed by atoms with van der Waals surface area (Å²) in [5, 5.41) is 4.31. The van der Waals surface area contributed by atoms with Crippen LogP contribution in [0.1, 0.15) is 0 Å². The summed E-state index contributed by atoms with van der Waals surface area (Å²) in [4.78, 5) is 8.28. The molecule has 17 heavy (non-hydrogen) atoms. The first-order valence-electron chi connectivity index (χ1n) is 5.30. The van der Waals surface area contributed by atoms with Gasteiger partial charge in [-0.3, -0.25) is 9.97 Å². The molecule has 0 unspecified atom stereocenters. The highest BCUT2D eigenvalue weighted by atomic mass is 15.3. The number of para-hydroxylation sites is 1. The third-order valence-corrected chi connectivity index (χ3v) is 2.46. The van der Waals surface area contributed by atoms with Gasteiger partial charge in [0.25, 0.3) is 0 Å². The van der Waals surface area contributed by atoms with E-state index < -0.39 is 0 Å². The van der Waals surface area contributed by atoms with Crippen molar-refractivity contribution in [1.82, 2.24) is 19.7 Å². The van der Waals surface area contributed by atoms with Gasteiger partial charge in [0.05, 0.1) is 23.8 Å². The van der Waals surface area contributed by atoms with E-state index in [2.05, 4.69) is 15.1 Å². The van der Waals surface area contributed by atoms with Gasteiger partial charge >= 0.3 is 0 Å². The van der Waals surface area contributed by atoms with Gasteiger partial charge in [-0.25, -0.2) is 4.68 Å². The fourth-order valence-corrected chi connectivity index (χ4v) is 1.63. The van der Waals surface area contributed by atoms with Crippen LogP contribution < -0.4 is 0 Å². The van der Waals surface area contributed by atoms with Crippen molar-refractivity contribution >= 4 is 0 Å². The Kier molecular flexibility index (Phi) is 2.38. The molecule has 0 aliphatic heterocycles. The molecule has 0 aliphatic rings. The van der Waals surface area contributed by atoms with Crippen LogP contribution in [0.3, 0.4) is 0 Å². The number of aromatic nitrogens is 4. The minimum Gasteiger partial charge on any atom is -0.261 e. The van der Waals surface area contributed by atoms with Crippen LogP contribution in [0, 0.1) is 0 Å². The summed E-state index contributed by atoms with van der Waals surface area (Å²) in [6, 6.07) is 9.97. The molecule has 2 heterocycles. The molecule has 4 nitrogen and oxygen atoms in total. The molecule has 0 saturated carbocycles. The number of benzene rings is 1. The number of nitrogens with zero attached hydrogens (tertiary/aromatic N) is 4. The average molecular weight is 222 g/mol. The van der Waals surface area contributed by atoms with E-state index in [1.54, 1.807) is 24.8 Å². The first-order chi connectivity index (χ1) is 8.43. The van der Waals surface area contributed by atoms with E-state index in [9.17, 15) is 0 Å². The lowest BCUT2D eigenvalue weighted by molar-refractivity contribution is 0.880. The molecule has 0 aliphatic carbocycles. The van der Waals surface area contributed by atoms with Crippen LogP contribution in [-0.4, -0.2) is 19.7 Å². The molecule has 4 heteroatoms.